The number of hydrogen-bond acceptors (Lipinski definition) is 3. The fourth-order valence-electron chi connectivity index (χ4n) is 5.90. The summed E-state index contributed by atoms with van der Waals surface area (Å²) in [6.45, 7) is 10.3. The first kappa shape index (κ1) is 21.7. The van der Waals surface area contributed by atoms with Gasteiger partial charge in [-0.25, -0.2) is 4.79 Å². The normalized spacial score (nSPS) is 35.9. The molecule has 2 aliphatic carbocycles. The van der Waals surface area contributed by atoms with Gasteiger partial charge in [0, 0.05) is 17.4 Å². The Labute approximate surface area is 171 Å². The molecule has 1 heterocycles. The monoisotopic (exact) mass is 391 g/mol. The van der Waals surface area contributed by atoms with Crippen LogP contribution >= 0.6 is 0 Å². The molecule has 0 radical (unpaired) electrons. The first-order chi connectivity index (χ1) is 13.5. The Hall–Kier alpha value is -1.03. The lowest BCUT2D eigenvalue weighted by Gasteiger charge is -2.55. The van der Waals surface area contributed by atoms with Crippen molar-refractivity contribution in [3.63, 3.8) is 0 Å². The second kappa shape index (κ2) is 9.65. The predicted molar refractivity (Wildman–Crippen MR) is 113 cm³/mol. The van der Waals surface area contributed by atoms with Crippen LogP contribution in [0.1, 0.15) is 85.5 Å². The van der Waals surface area contributed by atoms with Crippen LogP contribution in [0.25, 0.3) is 0 Å². The minimum atomic E-state index is -0.242. The second-order valence-electron chi connectivity index (χ2n) is 9.65. The SMILES string of the molecule is CCCCCC1OCC2(COC(=O)NC3CCCCC3)C(C)C=C(C)C1C2C. The zero-order valence-corrected chi connectivity index (χ0v) is 18.5. The Kier molecular flexibility index (Phi) is 7.47. The summed E-state index contributed by atoms with van der Waals surface area (Å²) < 4.78 is 12.2. The van der Waals surface area contributed by atoms with Crippen LogP contribution in [0.2, 0.25) is 0 Å². The number of nitrogens with one attached hydrogen (secondary N) is 1. The van der Waals surface area contributed by atoms with Crippen molar-refractivity contribution in [2.45, 2.75) is 97.6 Å². The largest absolute Gasteiger partial charge is 0.449 e. The number of unbranched alkanes of at least 4 members (excludes halogenated alkanes) is 2. The molecule has 3 aliphatic rings. The van der Waals surface area contributed by atoms with Crippen molar-refractivity contribution in [2.24, 2.45) is 23.2 Å². The van der Waals surface area contributed by atoms with Gasteiger partial charge in [0.05, 0.1) is 12.7 Å². The van der Waals surface area contributed by atoms with Crippen LogP contribution in [0.3, 0.4) is 0 Å². The molecule has 1 saturated heterocycles. The maximum absolute atomic E-state index is 12.4. The van der Waals surface area contributed by atoms with Crippen molar-refractivity contribution >= 4 is 6.09 Å². The van der Waals surface area contributed by atoms with E-state index in [2.05, 4.69) is 39.1 Å². The maximum atomic E-state index is 12.4. The Morgan fingerprint density at radius 3 is 2.71 bits per heavy atom. The molecule has 1 amide bonds. The topological polar surface area (TPSA) is 47.6 Å². The molecule has 0 aromatic heterocycles. The molecular formula is C24H41NO3. The highest BCUT2D eigenvalue weighted by molar-refractivity contribution is 5.67. The maximum Gasteiger partial charge on any atom is 0.407 e. The quantitative estimate of drug-likeness (QED) is 0.437. The Bertz CT molecular complexity index is 554. The fraction of sp³-hybridized carbons (Fsp3) is 0.875. The third-order valence-electron chi connectivity index (χ3n) is 7.85. The summed E-state index contributed by atoms with van der Waals surface area (Å²) in [5, 5.41) is 3.09. The number of allylic oxidation sites excluding steroid dienone is 1. The lowest BCUT2D eigenvalue weighted by molar-refractivity contribution is -0.165. The van der Waals surface area contributed by atoms with Crippen LogP contribution in [-0.2, 0) is 9.47 Å². The molecule has 4 heteroatoms. The highest BCUT2D eigenvalue weighted by atomic mass is 16.6. The van der Waals surface area contributed by atoms with Gasteiger partial charge in [-0.1, -0.05) is 70.9 Å². The molecule has 1 N–H and O–H groups in total. The number of alkyl carbamates (subject to hydrolysis) is 1. The van der Waals surface area contributed by atoms with Crippen molar-refractivity contribution in [1.29, 1.82) is 0 Å². The van der Waals surface area contributed by atoms with Gasteiger partial charge < -0.3 is 14.8 Å². The van der Waals surface area contributed by atoms with Gasteiger partial charge in [0.2, 0.25) is 0 Å². The molecule has 0 spiro atoms. The van der Waals surface area contributed by atoms with Crippen LogP contribution in [0.4, 0.5) is 4.79 Å². The second-order valence-corrected chi connectivity index (χ2v) is 9.65. The van der Waals surface area contributed by atoms with E-state index in [9.17, 15) is 4.79 Å². The van der Waals surface area contributed by atoms with E-state index < -0.39 is 0 Å². The first-order valence-corrected chi connectivity index (χ1v) is 11.7. The Morgan fingerprint density at radius 1 is 1.25 bits per heavy atom. The van der Waals surface area contributed by atoms with Gasteiger partial charge >= 0.3 is 6.09 Å². The zero-order valence-electron chi connectivity index (χ0n) is 18.5. The molecule has 5 atom stereocenters. The summed E-state index contributed by atoms with van der Waals surface area (Å²) in [7, 11) is 0. The van der Waals surface area contributed by atoms with E-state index in [4.69, 9.17) is 9.47 Å². The number of fused-ring (bicyclic) bond motifs is 2. The van der Waals surface area contributed by atoms with Crippen molar-refractivity contribution in [3.8, 4) is 0 Å². The van der Waals surface area contributed by atoms with Gasteiger partial charge in [0.1, 0.15) is 6.61 Å². The average Bonchev–Trinajstić information content (AvgIpc) is 2.67. The van der Waals surface area contributed by atoms with Crippen molar-refractivity contribution in [2.75, 3.05) is 13.2 Å². The molecule has 2 fully saturated rings. The molecule has 5 unspecified atom stereocenters. The van der Waals surface area contributed by atoms with Crippen LogP contribution in [-0.4, -0.2) is 31.5 Å². The van der Waals surface area contributed by atoms with Crippen LogP contribution in [0.5, 0.6) is 0 Å². The van der Waals surface area contributed by atoms with E-state index in [0.717, 1.165) is 19.3 Å². The molecule has 2 bridgehead atoms. The summed E-state index contributed by atoms with van der Waals surface area (Å²) >= 11 is 0. The van der Waals surface area contributed by atoms with Crippen LogP contribution in [0.15, 0.2) is 11.6 Å². The smallest absolute Gasteiger partial charge is 0.407 e. The van der Waals surface area contributed by atoms with E-state index in [1.807, 2.05) is 0 Å². The van der Waals surface area contributed by atoms with Gasteiger partial charge in [0.15, 0.2) is 0 Å². The van der Waals surface area contributed by atoms with E-state index >= 15 is 0 Å². The number of amides is 1. The highest BCUT2D eigenvalue weighted by Gasteiger charge is 2.53. The summed E-state index contributed by atoms with van der Waals surface area (Å²) in [6, 6.07) is 0.292. The van der Waals surface area contributed by atoms with Crippen molar-refractivity contribution < 1.29 is 14.3 Å². The van der Waals surface area contributed by atoms with Crippen LogP contribution in [0, 0.1) is 23.2 Å². The summed E-state index contributed by atoms with van der Waals surface area (Å²) in [5.74, 6) is 1.28. The minimum Gasteiger partial charge on any atom is -0.449 e. The predicted octanol–water partition coefficient (Wildman–Crippen LogP) is 5.86. The third kappa shape index (κ3) is 4.58. The fourth-order valence-corrected chi connectivity index (χ4v) is 5.90. The number of carbonyl (C=O) groups excluding carboxylic acids is 1. The summed E-state index contributed by atoms with van der Waals surface area (Å²) in [5.41, 5.74) is 1.36. The lowest BCUT2D eigenvalue weighted by atomic mass is 9.56. The summed E-state index contributed by atoms with van der Waals surface area (Å²) in [4.78, 5) is 12.4. The van der Waals surface area contributed by atoms with Crippen LogP contribution < -0.4 is 5.32 Å². The lowest BCUT2D eigenvalue weighted by Crippen LogP contribution is -2.57. The number of rotatable bonds is 7. The standard InChI is InChI=1S/C24H41NO3/c1-5-6-8-13-21-22-17(2)14-18(3)24(15-27-21,19(22)4)16-28-23(26)25-20-11-9-7-10-12-20/h14,18-22H,5-13,15-16H2,1-4H3,(H,25,26). The van der Waals surface area contributed by atoms with Gasteiger partial charge in [-0.3, -0.25) is 0 Å². The van der Waals surface area contributed by atoms with E-state index in [1.54, 1.807) is 0 Å². The molecule has 1 saturated carbocycles. The number of hydrogen-bond donors (Lipinski definition) is 1. The minimum absolute atomic E-state index is 0.102. The highest BCUT2D eigenvalue weighted by Crippen LogP contribution is 2.53. The Morgan fingerprint density at radius 2 is 2.00 bits per heavy atom. The number of ether oxygens (including phenoxy) is 2. The average molecular weight is 392 g/mol. The summed E-state index contributed by atoms with van der Waals surface area (Å²) in [6.07, 6.45) is 13.3. The van der Waals surface area contributed by atoms with Crippen molar-refractivity contribution in [1.82, 2.24) is 5.32 Å². The van der Waals surface area contributed by atoms with Gasteiger partial charge in [-0.15, -0.1) is 0 Å². The molecule has 3 rings (SSSR count). The molecule has 4 nitrogen and oxygen atoms in total. The van der Waals surface area contributed by atoms with Crippen molar-refractivity contribution in [3.05, 3.63) is 11.6 Å². The molecule has 0 aromatic carbocycles. The van der Waals surface area contributed by atoms with E-state index in [-0.39, 0.29) is 11.5 Å². The van der Waals surface area contributed by atoms with Gasteiger partial charge in [-0.2, -0.15) is 0 Å². The van der Waals surface area contributed by atoms with E-state index in [0.29, 0.717) is 43.1 Å². The molecule has 28 heavy (non-hydrogen) atoms. The Balaban J connectivity index is 1.62. The molecule has 0 aromatic rings. The molecule has 1 aliphatic heterocycles. The van der Waals surface area contributed by atoms with Gasteiger partial charge in [-0.05, 0) is 38.0 Å². The van der Waals surface area contributed by atoms with E-state index in [1.165, 1.54) is 44.1 Å². The molecule has 160 valence electrons. The van der Waals surface area contributed by atoms with Gasteiger partial charge in [0.25, 0.3) is 0 Å². The first-order valence-electron chi connectivity index (χ1n) is 11.7. The number of carbonyl (C=O) groups is 1. The molecular weight excluding hydrogens is 350 g/mol. The third-order valence-corrected chi connectivity index (χ3v) is 7.85. The zero-order chi connectivity index (χ0) is 20.1.